The standard InChI is InChI=1S/C15H20FNO/c1-3-9-17-11(2)7-8-13-10-12-5-4-6-14(16)15(12)18-13/h4-6,10-11,17H,3,7-9H2,1-2H3. The van der Waals surface area contributed by atoms with E-state index >= 15 is 0 Å². The second-order valence-electron chi connectivity index (χ2n) is 4.76. The average molecular weight is 249 g/mol. The van der Waals surface area contributed by atoms with Gasteiger partial charge in [0.05, 0.1) is 0 Å². The number of nitrogens with one attached hydrogen (secondary N) is 1. The van der Waals surface area contributed by atoms with Crippen molar-refractivity contribution in [2.45, 2.75) is 39.2 Å². The molecule has 1 heterocycles. The molecule has 1 N–H and O–H groups in total. The lowest BCUT2D eigenvalue weighted by Gasteiger charge is -2.11. The smallest absolute Gasteiger partial charge is 0.169 e. The minimum absolute atomic E-state index is 0.282. The third kappa shape index (κ3) is 3.10. The molecule has 1 atom stereocenters. The average Bonchev–Trinajstić information content (AvgIpc) is 2.78. The Morgan fingerprint density at radius 1 is 1.39 bits per heavy atom. The quantitative estimate of drug-likeness (QED) is 0.840. The minimum Gasteiger partial charge on any atom is -0.458 e. The predicted octanol–water partition coefficient (Wildman–Crippen LogP) is 3.89. The van der Waals surface area contributed by atoms with Crippen molar-refractivity contribution in [3.63, 3.8) is 0 Å². The van der Waals surface area contributed by atoms with Crippen LogP contribution in [0.4, 0.5) is 4.39 Å². The van der Waals surface area contributed by atoms with Gasteiger partial charge in [-0.15, -0.1) is 0 Å². The lowest BCUT2D eigenvalue weighted by molar-refractivity contribution is 0.468. The summed E-state index contributed by atoms with van der Waals surface area (Å²) in [6, 6.07) is 7.42. The van der Waals surface area contributed by atoms with Gasteiger partial charge in [0.25, 0.3) is 0 Å². The molecular weight excluding hydrogens is 229 g/mol. The number of aryl methyl sites for hydroxylation is 1. The van der Waals surface area contributed by atoms with Crippen molar-refractivity contribution in [2.24, 2.45) is 0 Å². The number of halogens is 1. The second kappa shape index (κ2) is 6.01. The summed E-state index contributed by atoms with van der Waals surface area (Å²) in [5.41, 5.74) is 0.377. The molecule has 0 spiro atoms. The van der Waals surface area contributed by atoms with Gasteiger partial charge in [0.15, 0.2) is 11.4 Å². The van der Waals surface area contributed by atoms with Crippen molar-refractivity contribution < 1.29 is 8.81 Å². The van der Waals surface area contributed by atoms with Crippen LogP contribution in [0.1, 0.15) is 32.4 Å². The summed E-state index contributed by atoms with van der Waals surface area (Å²) in [6.07, 6.45) is 2.98. The van der Waals surface area contributed by atoms with E-state index in [0.717, 1.165) is 37.0 Å². The van der Waals surface area contributed by atoms with E-state index < -0.39 is 0 Å². The van der Waals surface area contributed by atoms with Gasteiger partial charge >= 0.3 is 0 Å². The Hall–Kier alpha value is -1.35. The molecule has 0 bridgehead atoms. The fraction of sp³-hybridized carbons (Fsp3) is 0.467. The molecule has 0 aliphatic heterocycles. The van der Waals surface area contributed by atoms with Crippen LogP contribution in [0, 0.1) is 5.82 Å². The van der Waals surface area contributed by atoms with Gasteiger partial charge in [-0.3, -0.25) is 0 Å². The summed E-state index contributed by atoms with van der Waals surface area (Å²) in [6.45, 7) is 5.36. The highest BCUT2D eigenvalue weighted by Crippen LogP contribution is 2.23. The van der Waals surface area contributed by atoms with Crippen LogP contribution in [0.3, 0.4) is 0 Å². The topological polar surface area (TPSA) is 25.2 Å². The molecule has 0 aliphatic rings. The molecule has 0 saturated heterocycles. The van der Waals surface area contributed by atoms with E-state index in [2.05, 4.69) is 19.2 Å². The van der Waals surface area contributed by atoms with Crippen LogP contribution in [0.2, 0.25) is 0 Å². The van der Waals surface area contributed by atoms with E-state index in [1.165, 1.54) is 6.07 Å². The molecule has 0 radical (unpaired) electrons. The van der Waals surface area contributed by atoms with Crippen LogP contribution in [0.15, 0.2) is 28.7 Å². The molecule has 0 fully saturated rings. The number of para-hydroxylation sites is 1. The molecule has 1 aromatic heterocycles. The van der Waals surface area contributed by atoms with Crippen molar-refractivity contribution in [1.82, 2.24) is 5.32 Å². The Bertz CT molecular complexity index is 506. The van der Waals surface area contributed by atoms with E-state index in [1.54, 1.807) is 6.07 Å². The normalized spacial score (nSPS) is 13.1. The SMILES string of the molecule is CCCNC(C)CCc1cc2cccc(F)c2o1. The molecule has 2 nitrogen and oxygen atoms in total. The molecule has 1 unspecified atom stereocenters. The molecule has 18 heavy (non-hydrogen) atoms. The molecule has 0 saturated carbocycles. The zero-order valence-corrected chi connectivity index (χ0v) is 11.0. The van der Waals surface area contributed by atoms with Crippen molar-refractivity contribution >= 4 is 11.0 Å². The summed E-state index contributed by atoms with van der Waals surface area (Å²) in [5.74, 6) is 0.580. The zero-order valence-electron chi connectivity index (χ0n) is 11.0. The Kier molecular flexibility index (Phi) is 4.37. The van der Waals surface area contributed by atoms with Crippen LogP contribution in [0.5, 0.6) is 0 Å². The number of hydrogen-bond acceptors (Lipinski definition) is 2. The molecular formula is C15H20FNO. The Balaban J connectivity index is 1.98. The van der Waals surface area contributed by atoms with Crippen LogP contribution in [-0.4, -0.2) is 12.6 Å². The first-order valence-electron chi connectivity index (χ1n) is 6.61. The largest absolute Gasteiger partial charge is 0.458 e. The number of rotatable bonds is 6. The van der Waals surface area contributed by atoms with Gasteiger partial charge in [-0.2, -0.15) is 0 Å². The molecule has 2 aromatic rings. The number of benzene rings is 1. The first-order valence-corrected chi connectivity index (χ1v) is 6.61. The minimum atomic E-state index is -0.282. The van der Waals surface area contributed by atoms with E-state index in [9.17, 15) is 4.39 Å². The molecule has 0 aliphatic carbocycles. The number of hydrogen-bond donors (Lipinski definition) is 1. The zero-order chi connectivity index (χ0) is 13.0. The summed E-state index contributed by atoms with van der Waals surface area (Å²) in [4.78, 5) is 0. The van der Waals surface area contributed by atoms with Gasteiger partial charge in [0, 0.05) is 17.8 Å². The summed E-state index contributed by atoms with van der Waals surface area (Å²) in [5, 5.41) is 4.28. The third-order valence-corrected chi connectivity index (χ3v) is 3.11. The predicted molar refractivity (Wildman–Crippen MR) is 72.2 cm³/mol. The number of fused-ring (bicyclic) bond motifs is 1. The fourth-order valence-corrected chi connectivity index (χ4v) is 2.06. The monoisotopic (exact) mass is 249 g/mol. The van der Waals surface area contributed by atoms with Crippen molar-refractivity contribution in [2.75, 3.05) is 6.54 Å². The molecule has 2 rings (SSSR count). The van der Waals surface area contributed by atoms with Gasteiger partial charge < -0.3 is 9.73 Å². The van der Waals surface area contributed by atoms with Crippen molar-refractivity contribution in [1.29, 1.82) is 0 Å². The molecule has 98 valence electrons. The van der Waals surface area contributed by atoms with Gasteiger partial charge in [-0.1, -0.05) is 19.1 Å². The van der Waals surface area contributed by atoms with E-state index in [1.807, 2.05) is 12.1 Å². The van der Waals surface area contributed by atoms with Gasteiger partial charge in [-0.05, 0) is 38.4 Å². The molecule has 3 heteroatoms. The highest BCUT2D eigenvalue weighted by atomic mass is 19.1. The van der Waals surface area contributed by atoms with Crippen LogP contribution in [-0.2, 0) is 6.42 Å². The van der Waals surface area contributed by atoms with Crippen molar-refractivity contribution in [3.8, 4) is 0 Å². The number of furan rings is 1. The van der Waals surface area contributed by atoms with Gasteiger partial charge in [0.1, 0.15) is 5.76 Å². The maximum absolute atomic E-state index is 13.5. The van der Waals surface area contributed by atoms with Crippen molar-refractivity contribution in [3.05, 3.63) is 35.8 Å². The molecule has 1 aromatic carbocycles. The lowest BCUT2D eigenvalue weighted by Crippen LogP contribution is -2.26. The Morgan fingerprint density at radius 2 is 2.22 bits per heavy atom. The fourth-order valence-electron chi connectivity index (χ4n) is 2.06. The first-order chi connectivity index (χ1) is 8.70. The Morgan fingerprint density at radius 3 is 2.94 bits per heavy atom. The maximum atomic E-state index is 13.5. The first kappa shape index (κ1) is 13.1. The summed E-state index contributed by atoms with van der Waals surface area (Å²) >= 11 is 0. The third-order valence-electron chi connectivity index (χ3n) is 3.11. The van der Waals surface area contributed by atoms with Crippen LogP contribution in [0.25, 0.3) is 11.0 Å². The summed E-state index contributed by atoms with van der Waals surface area (Å²) < 4.78 is 19.0. The summed E-state index contributed by atoms with van der Waals surface area (Å²) in [7, 11) is 0. The molecule has 0 amide bonds. The highest BCUT2D eigenvalue weighted by Gasteiger charge is 2.09. The Labute approximate surface area is 107 Å². The highest BCUT2D eigenvalue weighted by molar-refractivity contribution is 5.78. The van der Waals surface area contributed by atoms with Crippen LogP contribution < -0.4 is 5.32 Å². The van der Waals surface area contributed by atoms with E-state index in [0.29, 0.717) is 11.6 Å². The van der Waals surface area contributed by atoms with Crippen LogP contribution >= 0.6 is 0 Å². The van der Waals surface area contributed by atoms with Gasteiger partial charge in [-0.25, -0.2) is 4.39 Å². The second-order valence-corrected chi connectivity index (χ2v) is 4.76. The maximum Gasteiger partial charge on any atom is 0.169 e. The van der Waals surface area contributed by atoms with E-state index in [4.69, 9.17) is 4.42 Å². The van der Waals surface area contributed by atoms with E-state index in [-0.39, 0.29) is 5.82 Å². The lowest BCUT2D eigenvalue weighted by atomic mass is 10.1. The van der Waals surface area contributed by atoms with Gasteiger partial charge in [0.2, 0.25) is 0 Å².